The number of fused-ring (bicyclic) bond motifs is 1. The molecule has 5 nitrogen and oxygen atoms in total. The number of hydrogen-bond acceptors (Lipinski definition) is 3. The van der Waals surface area contributed by atoms with Gasteiger partial charge in [0.2, 0.25) is 5.95 Å². The molecule has 0 amide bonds. The summed E-state index contributed by atoms with van der Waals surface area (Å²) in [7, 11) is 1.96. The fraction of sp³-hybridized carbons (Fsp3) is 0.238. The second-order valence-corrected chi connectivity index (χ2v) is 6.46. The summed E-state index contributed by atoms with van der Waals surface area (Å²) in [6, 6.07) is 21.0. The third kappa shape index (κ3) is 3.47. The van der Waals surface area contributed by atoms with E-state index in [0.717, 1.165) is 36.5 Å². The molecule has 2 aromatic heterocycles. The summed E-state index contributed by atoms with van der Waals surface area (Å²) in [5, 5.41) is 7.71. The molecule has 0 aliphatic carbocycles. The van der Waals surface area contributed by atoms with Crippen molar-refractivity contribution in [3.8, 4) is 0 Å². The van der Waals surface area contributed by atoms with Crippen molar-refractivity contribution in [1.82, 2.24) is 19.3 Å². The van der Waals surface area contributed by atoms with Crippen LogP contribution in [0.1, 0.15) is 17.7 Å². The third-order valence-electron chi connectivity index (χ3n) is 4.69. The number of hydrogen-bond donors (Lipinski definition) is 1. The van der Waals surface area contributed by atoms with E-state index in [-0.39, 0.29) is 0 Å². The Morgan fingerprint density at radius 2 is 1.77 bits per heavy atom. The van der Waals surface area contributed by atoms with Gasteiger partial charge in [-0.2, -0.15) is 5.10 Å². The van der Waals surface area contributed by atoms with Gasteiger partial charge in [0, 0.05) is 19.8 Å². The van der Waals surface area contributed by atoms with Crippen LogP contribution in [0.4, 0.5) is 5.95 Å². The van der Waals surface area contributed by atoms with E-state index in [1.165, 1.54) is 11.1 Å². The zero-order chi connectivity index (χ0) is 17.8. The monoisotopic (exact) mass is 345 g/mol. The third-order valence-corrected chi connectivity index (χ3v) is 4.69. The van der Waals surface area contributed by atoms with E-state index < -0.39 is 0 Å². The molecule has 0 atom stereocenters. The molecule has 0 spiro atoms. The maximum Gasteiger partial charge on any atom is 0.204 e. The van der Waals surface area contributed by atoms with Crippen LogP contribution in [0.15, 0.2) is 66.9 Å². The molecule has 0 bridgehead atoms. The average Bonchev–Trinajstić information content (AvgIpc) is 3.24. The Labute approximate surface area is 153 Å². The summed E-state index contributed by atoms with van der Waals surface area (Å²) in [5.41, 5.74) is 4.71. The summed E-state index contributed by atoms with van der Waals surface area (Å²) < 4.78 is 4.17. The van der Waals surface area contributed by atoms with Gasteiger partial charge in [-0.25, -0.2) is 4.98 Å². The molecular formula is C21H23N5. The number of aryl methyl sites for hydroxylation is 3. The Hall–Kier alpha value is -3.08. The second-order valence-electron chi connectivity index (χ2n) is 6.46. The Morgan fingerprint density at radius 1 is 0.962 bits per heavy atom. The number of rotatable bonds is 7. The molecule has 0 saturated carbocycles. The highest BCUT2D eigenvalue weighted by atomic mass is 15.3. The predicted molar refractivity (Wildman–Crippen MR) is 105 cm³/mol. The van der Waals surface area contributed by atoms with Gasteiger partial charge < -0.3 is 9.88 Å². The first kappa shape index (κ1) is 16.4. The lowest BCUT2D eigenvalue weighted by Gasteiger charge is -2.11. The van der Waals surface area contributed by atoms with Gasteiger partial charge >= 0.3 is 0 Å². The largest absolute Gasteiger partial charge is 0.350 e. The molecule has 4 aromatic rings. The van der Waals surface area contributed by atoms with Crippen LogP contribution < -0.4 is 5.32 Å². The van der Waals surface area contributed by atoms with E-state index in [1.807, 2.05) is 30.1 Å². The van der Waals surface area contributed by atoms with Gasteiger partial charge in [-0.05, 0) is 36.6 Å². The van der Waals surface area contributed by atoms with Crippen LogP contribution in [0.5, 0.6) is 0 Å². The molecular weight excluding hydrogens is 322 g/mol. The summed E-state index contributed by atoms with van der Waals surface area (Å²) in [5.74, 6) is 0.917. The number of aromatic nitrogens is 4. The van der Waals surface area contributed by atoms with Crippen LogP contribution in [0.25, 0.3) is 11.0 Å². The van der Waals surface area contributed by atoms with Gasteiger partial charge in [0.15, 0.2) is 0 Å². The Balaban J connectivity index is 1.52. The minimum absolute atomic E-state index is 0.707. The van der Waals surface area contributed by atoms with Crippen LogP contribution in [0, 0.1) is 0 Å². The highest BCUT2D eigenvalue weighted by Gasteiger charge is 2.10. The summed E-state index contributed by atoms with van der Waals surface area (Å²) in [4.78, 5) is 4.79. The van der Waals surface area contributed by atoms with E-state index >= 15 is 0 Å². The molecule has 0 fully saturated rings. The van der Waals surface area contributed by atoms with Crippen molar-refractivity contribution in [2.75, 3.05) is 5.32 Å². The molecule has 1 N–H and O–H groups in total. The highest BCUT2D eigenvalue weighted by molar-refractivity contribution is 5.78. The first-order chi connectivity index (χ1) is 12.8. The van der Waals surface area contributed by atoms with Crippen molar-refractivity contribution in [3.05, 3.63) is 78.1 Å². The van der Waals surface area contributed by atoms with Crippen LogP contribution in [-0.2, 0) is 26.6 Å². The minimum Gasteiger partial charge on any atom is -0.350 e. The molecule has 4 rings (SSSR count). The van der Waals surface area contributed by atoms with E-state index in [2.05, 4.69) is 63.5 Å². The van der Waals surface area contributed by atoms with Crippen LogP contribution in [0.3, 0.4) is 0 Å². The lowest BCUT2D eigenvalue weighted by atomic mass is 10.1. The van der Waals surface area contributed by atoms with Crippen molar-refractivity contribution < 1.29 is 0 Å². The van der Waals surface area contributed by atoms with Gasteiger partial charge in [0.1, 0.15) is 0 Å². The van der Waals surface area contributed by atoms with Crippen molar-refractivity contribution in [1.29, 1.82) is 0 Å². The lowest BCUT2D eigenvalue weighted by Crippen LogP contribution is -2.10. The van der Waals surface area contributed by atoms with Crippen LogP contribution in [0.2, 0.25) is 0 Å². The highest BCUT2D eigenvalue weighted by Crippen LogP contribution is 2.21. The molecule has 5 heteroatoms. The topological polar surface area (TPSA) is 47.7 Å². The predicted octanol–water partition coefficient (Wildman–Crippen LogP) is 4.01. The van der Waals surface area contributed by atoms with Gasteiger partial charge in [0.05, 0.1) is 23.3 Å². The molecule has 2 heterocycles. The summed E-state index contributed by atoms with van der Waals surface area (Å²) >= 11 is 0. The quantitative estimate of drug-likeness (QED) is 0.550. The Kier molecular flexibility index (Phi) is 4.69. The fourth-order valence-electron chi connectivity index (χ4n) is 3.27. The molecule has 0 aliphatic rings. The average molecular weight is 345 g/mol. The maximum atomic E-state index is 4.79. The molecule has 26 heavy (non-hydrogen) atoms. The molecule has 0 radical (unpaired) electrons. The Bertz CT molecular complexity index is 984. The maximum absolute atomic E-state index is 4.79. The minimum atomic E-state index is 0.707. The smallest absolute Gasteiger partial charge is 0.204 e. The van der Waals surface area contributed by atoms with Gasteiger partial charge in [-0.1, -0.05) is 42.5 Å². The number of nitrogens with zero attached hydrogens (tertiary/aromatic N) is 4. The number of nitrogens with one attached hydrogen (secondary N) is 1. The zero-order valence-corrected chi connectivity index (χ0v) is 15.0. The lowest BCUT2D eigenvalue weighted by molar-refractivity contribution is 0.657. The molecule has 132 valence electrons. The first-order valence-electron chi connectivity index (χ1n) is 9.01. The first-order valence-corrected chi connectivity index (χ1v) is 9.01. The van der Waals surface area contributed by atoms with Gasteiger partial charge in [0.25, 0.3) is 0 Å². The summed E-state index contributed by atoms with van der Waals surface area (Å²) in [6.45, 7) is 1.64. The fourth-order valence-corrected chi connectivity index (χ4v) is 3.27. The SMILES string of the molecule is Cn1nccc1CNc1nc2ccccc2n1CCCc1ccccc1. The van der Waals surface area contributed by atoms with E-state index in [1.54, 1.807) is 0 Å². The summed E-state index contributed by atoms with van der Waals surface area (Å²) in [6.07, 6.45) is 3.96. The van der Waals surface area contributed by atoms with Crippen molar-refractivity contribution in [3.63, 3.8) is 0 Å². The van der Waals surface area contributed by atoms with Crippen LogP contribution in [-0.4, -0.2) is 19.3 Å². The van der Waals surface area contributed by atoms with E-state index in [4.69, 9.17) is 4.98 Å². The molecule has 2 aromatic carbocycles. The molecule has 0 unspecified atom stereocenters. The number of benzene rings is 2. The number of imidazole rings is 1. The number of anilines is 1. The van der Waals surface area contributed by atoms with Crippen LogP contribution >= 0.6 is 0 Å². The van der Waals surface area contributed by atoms with E-state index in [0.29, 0.717) is 6.54 Å². The zero-order valence-electron chi connectivity index (χ0n) is 15.0. The van der Waals surface area contributed by atoms with Crippen molar-refractivity contribution in [2.24, 2.45) is 7.05 Å². The molecule has 0 aliphatic heterocycles. The second kappa shape index (κ2) is 7.44. The van der Waals surface area contributed by atoms with E-state index in [9.17, 15) is 0 Å². The van der Waals surface area contributed by atoms with Crippen molar-refractivity contribution >= 4 is 17.0 Å². The normalized spacial score (nSPS) is 11.1. The van der Waals surface area contributed by atoms with Crippen molar-refractivity contribution in [2.45, 2.75) is 25.9 Å². The van der Waals surface area contributed by atoms with Gasteiger partial charge in [-0.3, -0.25) is 4.68 Å². The molecule has 0 saturated heterocycles. The Morgan fingerprint density at radius 3 is 2.58 bits per heavy atom. The van der Waals surface area contributed by atoms with Gasteiger partial charge in [-0.15, -0.1) is 0 Å². The standard InChI is InChI=1S/C21H23N5/c1-25-18(13-14-23-25)16-22-21-24-19-11-5-6-12-20(19)26(21)15-7-10-17-8-3-2-4-9-17/h2-6,8-9,11-14H,7,10,15-16H2,1H3,(H,22,24). The number of para-hydroxylation sites is 2.